The maximum atomic E-state index is 12.9. The van der Waals surface area contributed by atoms with Gasteiger partial charge in [-0.25, -0.2) is 4.98 Å². The van der Waals surface area contributed by atoms with Crippen molar-refractivity contribution in [3.63, 3.8) is 0 Å². The van der Waals surface area contributed by atoms with Crippen LogP contribution in [0.1, 0.15) is 28.9 Å². The van der Waals surface area contributed by atoms with E-state index in [1.807, 2.05) is 54.3 Å². The van der Waals surface area contributed by atoms with Crippen LogP contribution in [0.5, 0.6) is 17.2 Å². The molecule has 1 N–H and O–H groups in total. The average molecular weight is 428 g/mol. The zero-order valence-corrected chi connectivity index (χ0v) is 18.4. The van der Waals surface area contributed by atoms with Gasteiger partial charge in [-0.05, 0) is 49.1 Å². The van der Waals surface area contributed by atoms with Gasteiger partial charge < -0.3 is 19.5 Å². The van der Waals surface area contributed by atoms with Crippen LogP contribution in [0.3, 0.4) is 0 Å². The Bertz CT molecular complexity index is 1010. The minimum atomic E-state index is -0.273. The van der Waals surface area contributed by atoms with Gasteiger partial charge >= 0.3 is 0 Å². The second kappa shape index (κ2) is 9.58. The number of amides is 1. The predicted octanol–water partition coefficient (Wildman–Crippen LogP) is 4.11. The molecule has 0 saturated heterocycles. The third-order valence-electron chi connectivity index (χ3n) is 4.71. The molecule has 3 aromatic rings. The summed E-state index contributed by atoms with van der Waals surface area (Å²) in [6.45, 7) is 1.91. The third kappa shape index (κ3) is 4.38. The van der Waals surface area contributed by atoms with Gasteiger partial charge in [-0.2, -0.15) is 0 Å². The number of hydrogen-bond acceptors (Lipinski definition) is 6. The number of ether oxygens (including phenoxy) is 3. The smallest absolute Gasteiger partial charge is 0.251 e. The number of aromatic nitrogens is 2. The van der Waals surface area contributed by atoms with Gasteiger partial charge in [-0.1, -0.05) is 17.8 Å². The highest BCUT2D eigenvalue weighted by Crippen LogP contribution is 2.39. The van der Waals surface area contributed by atoms with E-state index in [4.69, 9.17) is 14.2 Å². The van der Waals surface area contributed by atoms with Crippen LogP contribution >= 0.6 is 11.8 Å². The van der Waals surface area contributed by atoms with Crippen molar-refractivity contribution in [3.05, 3.63) is 59.9 Å². The first-order chi connectivity index (χ1) is 14.5. The molecule has 30 heavy (non-hydrogen) atoms. The molecule has 8 heteroatoms. The van der Waals surface area contributed by atoms with Gasteiger partial charge in [0.15, 0.2) is 16.7 Å². The lowest BCUT2D eigenvalue weighted by atomic mass is 10.1. The van der Waals surface area contributed by atoms with Gasteiger partial charge in [0.2, 0.25) is 5.75 Å². The number of nitrogens with zero attached hydrogens (tertiary/aromatic N) is 2. The molecule has 158 valence electrons. The highest BCUT2D eigenvalue weighted by molar-refractivity contribution is 7.98. The van der Waals surface area contributed by atoms with E-state index >= 15 is 0 Å². The molecule has 7 nitrogen and oxygen atoms in total. The Morgan fingerprint density at radius 1 is 1.10 bits per heavy atom. The van der Waals surface area contributed by atoms with Crippen molar-refractivity contribution >= 4 is 17.7 Å². The molecule has 0 spiro atoms. The summed E-state index contributed by atoms with van der Waals surface area (Å²) in [5, 5.41) is 3.89. The van der Waals surface area contributed by atoms with Crippen molar-refractivity contribution in [2.45, 2.75) is 18.1 Å². The summed E-state index contributed by atoms with van der Waals surface area (Å²) in [4.78, 5) is 17.2. The van der Waals surface area contributed by atoms with E-state index in [1.54, 1.807) is 45.4 Å². The average Bonchev–Trinajstić information content (AvgIpc) is 3.26. The number of hydrogen-bond donors (Lipinski definition) is 1. The van der Waals surface area contributed by atoms with Crippen LogP contribution in [0.2, 0.25) is 0 Å². The Morgan fingerprint density at radius 2 is 1.80 bits per heavy atom. The topological polar surface area (TPSA) is 74.6 Å². The van der Waals surface area contributed by atoms with Crippen molar-refractivity contribution in [3.8, 4) is 22.9 Å². The molecule has 1 atom stereocenters. The highest BCUT2D eigenvalue weighted by atomic mass is 32.2. The first kappa shape index (κ1) is 21.6. The number of imidazole rings is 1. The second-order valence-corrected chi connectivity index (χ2v) is 7.26. The SMILES string of the molecule is COc1cc([C@H](C)NC(=O)c2cccc(-n3ccnc3SC)c2)cc(OC)c1OC. The minimum Gasteiger partial charge on any atom is -0.493 e. The predicted molar refractivity (Wildman–Crippen MR) is 117 cm³/mol. The third-order valence-corrected chi connectivity index (χ3v) is 5.38. The molecule has 0 aliphatic rings. The minimum absolute atomic E-state index is 0.177. The maximum Gasteiger partial charge on any atom is 0.251 e. The molecule has 1 heterocycles. The first-order valence-corrected chi connectivity index (χ1v) is 10.5. The fourth-order valence-electron chi connectivity index (χ4n) is 3.15. The van der Waals surface area contributed by atoms with Crippen molar-refractivity contribution < 1.29 is 19.0 Å². The monoisotopic (exact) mass is 427 g/mol. The van der Waals surface area contributed by atoms with Crippen LogP contribution in [0.25, 0.3) is 5.69 Å². The molecule has 0 aliphatic carbocycles. The van der Waals surface area contributed by atoms with Crippen LogP contribution < -0.4 is 19.5 Å². The highest BCUT2D eigenvalue weighted by Gasteiger charge is 2.18. The van der Waals surface area contributed by atoms with E-state index in [1.165, 1.54) is 0 Å². The van der Waals surface area contributed by atoms with Gasteiger partial charge in [0.05, 0.1) is 27.4 Å². The fourth-order valence-corrected chi connectivity index (χ4v) is 3.68. The lowest BCUT2D eigenvalue weighted by molar-refractivity contribution is 0.0939. The van der Waals surface area contributed by atoms with Crippen LogP contribution in [-0.4, -0.2) is 43.0 Å². The second-order valence-electron chi connectivity index (χ2n) is 6.49. The molecule has 0 aliphatic heterocycles. The fraction of sp³-hybridized carbons (Fsp3) is 0.273. The Labute approximate surface area is 180 Å². The van der Waals surface area contributed by atoms with Gasteiger partial charge in [0, 0.05) is 23.6 Å². The number of nitrogens with one attached hydrogen (secondary N) is 1. The number of benzene rings is 2. The van der Waals surface area contributed by atoms with E-state index in [0.29, 0.717) is 22.8 Å². The molecular formula is C22H25N3O4S. The summed E-state index contributed by atoms with van der Waals surface area (Å²) < 4.78 is 18.1. The molecule has 0 bridgehead atoms. The van der Waals surface area contributed by atoms with Crippen LogP contribution in [0.15, 0.2) is 53.9 Å². The van der Waals surface area contributed by atoms with E-state index < -0.39 is 0 Å². The largest absolute Gasteiger partial charge is 0.493 e. The number of methoxy groups -OCH3 is 3. The van der Waals surface area contributed by atoms with E-state index in [9.17, 15) is 4.79 Å². The van der Waals surface area contributed by atoms with E-state index in [0.717, 1.165) is 16.4 Å². The van der Waals surface area contributed by atoms with E-state index in [2.05, 4.69) is 10.3 Å². The summed E-state index contributed by atoms with van der Waals surface area (Å²) in [6, 6.07) is 10.8. The van der Waals surface area contributed by atoms with Crippen molar-refractivity contribution in [1.82, 2.24) is 14.9 Å². The van der Waals surface area contributed by atoms with Crippen LogP contribution in [0, 0.1) is 0 Å². The molecule has 0 radical (unpaired) electrons. The standard InChI is InChI=1S/C22H25N3O4S/c1-14(16-12-18(27-2)20(29-4)19(13-16)28-3)24-21(26)15-7-6-8-17(11-15)25-10-9-23-22(25)30-5/h6-14H,1-5H3,(H,24,26)/t14-/m0/s1. The summed E-state index contributed by atoms with van der Waals surface area (Å²) in [7, 11) is 4.69. The lowest BCUT2D eigenvalue weighted by Gasteiger charge is -2.19. The molecular weight excluding hydrogens is 402 g/mol. The number of carbonyl (C=O) groups excluding carboxylic acids is 1. The molecule has 2 aromatic carbocycles. The van der Waals surface area contributed by atoms with Gasteiger partial charge in [-0.3, -0.25) is 9.36 Å². The summed E-state index contributed by atoms with van der Waals surface area (Å²) in [6.07, 6.45) is 5.58. The summed E-state index contributed by atoms with van der Waals surface area (Å²) >= 11 is 1.55. The molecule has 0 unspecified atom stereocenters. The summed E-state index contributed by atoms with van der Waals surface area (Å²) in [5.74, 6) is 1.42. The maximum absolute atomic E-state index is 12.9. The molecule has 1 amide bonds. The van der Waals surface area contributed by atoms with Crippen LogP contribution in [-0.2, 0) is 0 Å². The molecule has 0 fully saturated rings. The Hall–Kier alpha value is -3.13. The van der Waals surface area contributed by atoms with Gasteiger partial charge in [-0.15, -0.1) is 0 Å². The quantitative estimate of drug-likeness (QED) is 0.546. The van der Waals surface area contributed by atoms with Crippen molar-refractivity contribution in [2.24, 2.45) is 0 Å². The summed E-state index contributed by atoms with van der Waals surface area (Å²) in [5.41, 5.74) is 2.28. The van der Waals surface area contributed by atoms with Crippen molar-refractivity contribution in [1.29, 1.82) is 0 Å². The molecule has 0 saturated carbocycles. The normalized spacial score (nSPS) is 11.6. The zero-order chi connectivity index (χ0) is 21.7. The van der Waals surface area contributed by atoms with Gasteiger partial charge in [0.1, 0.15) is 0 Å². The lowest BCUT2D eigenvalue weighted by Crippen LogP contribution is -2.26. The van der Waals surface area contributed by atoms with Crippen molar-refractivity contribution in [2.75, 3.05) is 27.6 Å². The Morgan fingerprint density at radius 3 is 2.40 bits per heavy atom. The molecule has 3 rings (SSSR count). The Balaban J connectivity index is 1.84. The zero-order valence-electron chi connectivity index (χ0n) is 17.6. The first-order valence-electron chi connectivity index (χ1n) is 9.30. The van der Waals surface area contributed by atoms with Gasteiger partial charge in [0.25, 0.3) is 5.91 Å². The number of carbonyl (C=O) groups is 1. The Kier molecular flexibility index (Phi) is 6.89. The molecule has 1 aromatic heterocycles. The number of thioether (sulfide) groups is 1. The van der Waals surface area contributed by atoms with Crippen LogP contribution in [0.4, 0.5) is 0 Å². The number of rotatable bonds is 8. The van der Waals surface area contributed by atoms with E-state index in [-0.39, 0.29) is 11.9 Å².